The number of carbonyl (C=O) groups excluding carboxylic acids is 2. The molecule has 27 heavy (non-hydrogen) atoms. The van der Waals surface area contributed by atoms with Crippen LogP contribution < -0.4 is 10.1 Å². The molecular weight excluding hydrogens is 344 g/mol. The summed E-state index contributed by atoms with van der Waals surface area (Å²) in [5.74, 6) is -0.380. The number of hydrogen-bond donors (Lipinski definition) is 1. The standard InChI is InChI=1S/C20H20N4O3/c1-15(25)14-27-20-18(19(26)21-12-16-8-4-2-5-9-16)22-23-24(20)13-17-10-6-3-7-11-17/h2-11H,12-14H2,1H3,(H,21,26). The van der Waals surface area contributed by atoms with E-state index in [9.17, 15) is 9.59 Å². The smallest absolute Gasteiger partial charge is 0.277 e. The Morgan fingerprint density at radius 2 is 1.63 bits per heavy atom. The molecule has 0 aliphatic carbocycles. The highest BCUT2D eigenvalue weighted by atomic mass is 16.5. The fraction of sp³-hybridized carbons (Fsp3) is 0.200. The second-order valence-corrected chi connectivity index (χ2v) is 6.05. The fourth-order valence-corrected chi connectivity index (χ4v) is 2.48. The minimum Gasteiger partial charge on any atom is -0.468 e. The van der Waals surface area contributed by atoms with Crippen LogP contribution in [-0.2, 0) is 17.9 Å². The van der Waals surface area contributed by atoms with Crippen LogP contribution >= 0.6 is 0 Å². The molecule has 7 heteroatoms. The molecular formula is C20H20N4O3. The van der Waals surface area contributed by atoms with E-state index in [4.69, 9.17) is 4.74 Å². The number of Topliss-reactive ketones (excluding diaryl/α,β-unsaturated/α-hetero) is 1. The quantitative estimate of drug-likeness (QED) is 0.662. The van der Waals surface area contributed by atoms with Crippen molar-refractivity contribution in [2.24, 2.45) is 0 Å². The Balaban J connectivity index is 1.78. The predicted molar refractivity (Wildman–Crippen MR) is 99.4 cm³/mol. The third-order valence-electron chi connectivity index (χ3n) is 3.79. The highest BCUT2D eigenvalue weighted by molar-refractivity contribution is 5.94. The molecule has 3 aromatic rings. The Morgan fingerprint density at radius 1 is 1.00 bits per heavy atom. The van der Waals surface area contributed by atoms with Crippen molar-refractivity contribution in [3.05, 3.63) is 77.5 Å². The number of ketones is 1. The third-order valence-corrected chi connectivity index (χ3v) is 3.79. The van der Waals surface area contributed by atoms with Crippen LogP contribution in [0.1, 0.15) is 28.5 Å². The normalized spacial score (nSPS) is 10.4. The van der Waals surface area contributed by atoms with Crippen molar-refractivity contribution in [2.45, 2.75) is 20.0 Å². The fourth-order valence-electron chi connectivity index (χ4n) is 2.48. The molecule has 1 aromatic heterocycles. The zero-order valence-corrected chi connectivity index (χ0v) is 15.0. The van der Waals surface area contributed by atoms with Gasteiger partial charge in [0.25, 0.3) is 5.91 Å². The lowest BCUT2D eigenvalue weighted by Crippen LogP contribution is -2.24. The van der Waals surface area contributed by atoms with Crippen LogP contribution in [0.25, 0.3) is 0 Å². The van der Waals surface area contributed by atoms with Crippen LogP contribution in [0.2, 0.25) is 0 Å². The van der Waals surface area contributed by atoms with Crippen molar-refractivity contribution in [2.75, 3.05) is 6.61 Å². The lowest BCUT2D eigenvalue weighted by Gasteiger charge is -2.09. The molecule has 0 bridgehead atoms. The summed E-state index contributed by atoms with van der Waals surface area (Å²) < 4.78 is 7.02. The van der Waals surface area contributed by atoms with Gasteiger partial charge >= 0.3 is 0 Å². The minimum atomic E-state index is -0.406. The highest BCUT2D eigenvalue weighted by Gasteiger charge is 2.22. The summed E-state index contributed by atoms with van der Waals surface area (Å²) in [6.45, 7) is 2.01. The number of nitrogens with zero attached hydrogens (tertiary/aromatic N) is 3. The van der Waals surface area contributed by atoms with E-state index in [1.165, 1.54) is 11.6 Å². The van der Waals surface area contributed by atoms with Crippen LogP contribution in [0.15, 0.2) is 60.7 Å². The second-order valence-electron chi connectivity index (χ2n) is 6.05. The van der Waals surface area contributed by atoms with Crippen molar-refractivity contribution >= 4 is 11.7 Å². The van der Waals surface area contributed by atoms with Gasteiger partial charge in [0, 0.05) is 6.54 Å². The molecule has 0 unspecified atom stereocenters. The summed E-state index contributed by atoms with van der Waals surface area (Å²) >= 11 is 0. The average molecular weight is 364 g/mol. The minimum absolute atomic E-state index is 0.0584. The number of nitrogens with one attached hydrogen (secondary N) is 1. The molecule has 0 saturated heterocycles. The SMILES string of the molecule is CC(=O)COc1c(C(=O)NCc2ccccc2)nnn1Cc1ccccc1. The molecule has 0 spiro atoms. The Bertz CT molecular complexity index is 907. The monoisotopic (exact) mass is 364 g/mol. The van der Waals surface area contributed by atoms with Gasteiger partial charge < -0.3 is 10.1 Å². The zero-order chi connectivity index (χ0) is 19.1. The van der Waals surface area contributed by atoms with E-state index in [0.29, 0.717) is 13.1 Å². The maximum absolute atomic E-state index is 12.6. The molecule has 0 aliphatic heterocycles. The van der Waals surface area contributed by atoms with E-state index in [0.717, 1.165) is 11.1 Å². The molecule has 7 nitrogen and oxygen atoms in total. The van der Waals surface area contributed by atoms with Gasteiger partial charge in [0.2, 0.25) is 11.6 Å². The molecule has 0 saturated carbocycles. The maximum atomic E-state index is 12.6. The molecule has 3 rings (SSSR count). The van der Waals surface area contributed by atoms with Gasteiger partial charge in [0.1, 0.15) is 6.61 Å². The van der Waals surface area contributed by atoms with Crippen molar-refractivity contribution in [3.63, 3.8) is 0 Å². The maximum Gasteiger partial charge on any atom is 0.277 e. The highest BCUT2D eigenvalue weighted by Crippen LogP contribution is 2.18. The van der Waals surface area contributed by atoms with Crippen LogP contribution in [0.5, 0.6) is 5.88 Å². The van der Waals surface area contributed by atoms with Gasteiger partial charge in [0.05, 0.1) is 6.54 Å². The lowest BCUT2D eigenvalue weighted by atomic mass is 10.2. The summed E-state index contributed by atoms with van der Waals surface area (Å²) in [6, 6.07) is 19.2. The molecule has 0 radical (unpaired) electrons. The number of hydrogen-bond acceptors (Lipinski definition) is 5. The first-order valence-corrected chi connectivity index (χ1v) is 8.55. The van der Waals surface area contributed by atoms with Gasteiger partial charge in [-0.1, -0.05) is 65.9 Å². The zero-order valence-electron chi connectivity index (χ0n) is 15.0. The summed E-state index contributed by atoms with van der Waals surface area (Å²) in [4.78, 5) is 23.9. The van der Waals surface area contributed by atoms with E-state index < -0.39 is 5.91 Å². The molecule has 2 aromatic carbocycles. The van der Waals surface area contributed by atoms with Crippen molar-refractivity contribution < 1.29 is 14.3 Å². The van der Waals surface area contributed by atoms with Crippen LogP contribution in [0.3, 0.4) is 0 Å². The average Bonchev–Trinajstić information content (AvgIpc) is 3.08. The van der Waals surface area contributed by atoms with Gasteiger partial charge in [-0.05, 0) is 18.1 Å². The summed E-state index contributed by atoms with van der Waals surface area (Å²) in [5, 5.41) is 10.8. The van der Waals surface area contributed by atoms with Crippen molar-refractivity contribution in [1.29, 1.82) is 0 Å². The second kappa shape index (κ2) is 8.75. The van der Waals surface area contributed by atoms with Gasteiger partial charge in [-0.15, -0.1) is 5.10 Å². The lowest BCUT2D eigenvalue weighted by molar-refractivity contribution is -0.119. The van der Waals surface area contributed by atoms with Gasteiger partial charge in [-0.25, -0.2) is 4.68 Å². The van der Waals surface area contributed by atoms with Gasteiger partial charge in [0.15, 0.2) is 5.78 Å². The predicted octanol–water partition coefficient (Wildman–Crippen LogP) is 2.22. The number of aromatic nitrogens is 3. The first kappa shape index (κ1) is 18.3. The van der Waals surface area contributed by atoms with Crippen LogP contribution in [0, 0.1) is 0 Å². The molecule has 138 valence electrons. The summed E-state index contributed by atoms with van der Waals surface area (Å²) in [5.41, 5.74) is 2.00. The Hall–Kier alpha value is -3.48. The van der Waals surface area contributed by atoms with E-state index in [2.05, 4.69) is 15.6 Å². The van der Waals surface area contributed by atoms with E-state index in [1.807, 2.05) is 60.7 Å². The Kier molecular flexibility index (Phi) is 5.94. The van der Waals surface area contributed by atoms with E-state index in [-0.39, 0.29) is 24.0 Å². The number of carbonyl (C=O) groups is 2. The van der Waals surface area contributed by atoms with E-state index in [1.54, 1.807) is 0 Å². The molecule has 1 amide bonds. The van der Waals surface area contributed by atoms with Crippen molar-refractivity contribution in [3.8, 4) is 5.88 Å². The largest absolute Gasteiger partial charge is 0.468 e. The Labute approximate surface area is 157 Å². The number of benzene rings is 2. The number of rotatable bonds is 8. The first-order chi connectivity index (χ1) is 13.1. The van der Waals surface area contributed by atoms with Crippen molar-refractivity contribution in [1.82, 2.24) is 20.3 Å². The molecule has 0 fully saturated rings. The topological polar surface area (TPSA) is 86.1 Å². The third kappa shape index (κ3) is 5.01. The summed E-state index contributed by atoms with van der Waals surface area (Å²) in [7, 11) is 0. The number of amides is 1. The molecule has 0 atom stereocenters. The van der Waals surface area contributed by atoms with Crippen LogP contribution in [0.4, 0.5) is 0 Å². The van der Waals surface area contributed by atoms with Gasteiger partial charge in [-0.3, -0.25) is 9.59 Å². The number of ether oxygens (including phenoxy) is 1. The van der Waals surface area contributed by atoms with Crippen LogP contribution in [-0.4, -0.2) is 33.3 Å². The molecule has 1 N–H and O–H groups in total. The first-order valence-electron chi connectivity index (χ1n) is 8.55. The Morgan fingerprint density at radius 3 is 2.26 bits per heavy atom. The summed E-state index contributed by atoms with van der Waals surface area (Å²) in [6.07, 6.45) is 0. The molecule has 0 aliphatic rings. The molecule has 1 heterocycles. The van der Waals surface area contributed by atoms with E-state index >= 15 is 0 Å². The van der Waals surface area contributed by atoms with Gasteiger partial charge in [-0.2, -0.15) is 0 Å².